The van der Waals surface area contributed by atoms with E-state index in [-0.39, 0.29) is 23.6 Å². The summed E-state index contributed by atoms with van der Waals surface area (Å²) in [6.07, 6.45) is -3.03. The maximum atomic E-state index is 13.6. The summed E-state index contributed by atoms with van der Waals surface area (Å²) in [4.78, 5) is 4.21. The van der Waals surface area contributed by atoms with Crippen molar-refractivity contribution in [1.82, 2.24) is 25.6 Å². The summed E-state index contributed by atoms with van der Waals surface area (Å²) in [5.74, 6) is -0.827. The normalized spacial score (nSPS) is 17.2. The Morgan fingerprint density at radius 2 is 2.10 bits per heavy atom. The van der Waals surface area contributed by atoms with E-state index in [0.29, 0.717) is 36.0 Å². The lowest BCUT2D eigenvalue weighted by molar-refractivity contribution is -0.139. The Balaban J connectivity index is 2.05. The van der Waals surface area contributed by atoms with Gasteiger partial charge in [0.05, 0.1) is 17.9 Å². The summed E-state index contributed by atoms with van der Waals surface area (Å²) < 4.78 is 65.5. The number of H-pyrrole nitrogens is 1. The lowest BCUT2D eigenvalue weighted by Gasteiger charge is -2.25. The fourth-order valence-electron chi connectivity index (χ4n) is 3.74. The lowest BCUT2D eigenvalue weighted by Crippen LogP contribution is -2.22. The molecule has 0 spiro atoms. The average Bonchev–Trinajstić information content (AvgIpc) is 3.34. The smallest absolute Gasteiger partial charge is 0.389 e. The minimum atomic E-state index is -4.97. The SMILES string of the molecule is NS(=O)(=O)c1c(C(F)(F)F)ccc(C2CCCc3sc(CO)nc32)c1-c1nn[nH]n1. The molecule has 0 saturated carbocycles. The number of thiazole rings is 1. The highest BCUT2D eigenvalue weighted by molar-refractivity contribution is 7.89. The number of primary sulfonamides is 1. The van der Waals surface area contributed by atoms with Gasteiger partial charge in [-0.2, -0.15) is 18.4 Å². The third-order valence-electron chi connectivity index (χ3n) is 4.86. The van der Waals surface area contributed by atoms with Gasteiger partial charge in [0, 0.05) is 16.4 Å². The lowest BCUT2D eigenvalue weighted by atomic mass is 9.82. The van der Waals surface area contributed by atoms with Gasteiger partial charge in [-0.05, 0) is 36.1 Å². The molecule has 3 aromatic rings. The Morgan fingerprint density at radius 1 is 1.33 bits per heavy atom. The van der Waals surface area contributed by atoms with Gasteiger partial charge < -0.3 is 5.11 Å². The summed E-state index contributed by atoms with van der Waals surface area (Å²) in [6.45, 7) is -0.266. The number of aryl methyl sites for hydroxylation is 1. The van der Waals surface area contributed by atoms with Gasteiger partial charge in [-0.25, -0.2) is 18.5 Å². The van der Waals surface area contributed by atoms with Crippen LogP contribution in [0.4, 0.5) is 13.2 Å². The maximum Gasteiger partial charge on any atom is 0.417 e. The van der Waals surface area contributed by atoms with Gasteiger partial charge >= 0.3 is 6.18 Å². The van der Waals surface area contributed by atoms with Crippen molar-refractivity contribution in [3.63, 3.8) is 0 Å². The number of fused-ring (bicyclic) bond motifs is 1. The number of sulfonamides is 1. The van der Waals surface area contributed by atoms with Crippen molar-refractivity contribution in [3.05, 3.63) is 38.8 Å². The maximum absolute atomic E-state index is 13.6. The highest BCUT2D eigenvalue weighted by atomic mass is 32.2. The zero-order valence-electron chi connectivity index (χ0n) is 15.1. The van der Waals surface area contributed by atoms with Crippen LogP contribution in [-0.2, 0) is 29.2 Å². The van der Waals surface area contributed by atoms with Crippen LogP contribution >= 0.6 is 11.3 Å². The second kappa shape index (κ2) is 7.37. The number of aromatic amines is 1. The molecule has 1 aliphatic carbocycles. The summed E-state index contributed by atoms with van der Waals surface area (Å²) in [6, 6.07) is 1.91. The number of nitrogens with two attached hydrogens (primary N) is 1. The second-order valence-electron chi connectivity index (χ2n) is 6.70. The van der Waals surface area contributed by atoms with Crippen molar-refractivity contribution < 1.29 is 26.7 Å². The van der Waals surface area contributed by atoms with Crippen LogP contribution in [0.15, 0.2) is 17.0 Å². The highest BCUT2D eigenvalue weighted by Gasteiger charge is 2.41. The fourth-order valence-corrected chi connectivity index (χ4v) is 5.76. The number of rotatable bonds is 4. The zero-order chi connectivity index (χ0) is 21.7. The number of benzene rings is 1. The van der Waals surface area contributed by atoms with Gasteiger partial charge in [0.2, 0.25) is 15.8 Å². The average molecular weight is 460 g/mol. The van der Waals surface area contributed by atoms with E-state index in [0.717, 1.165) is 4.88 Å². The molecule has 160 valence electrons. The molecule has 2 heterocycles. The number of hydrogen-bond donors (Lipinski definition) is 3. The first-order chi connectivity index (χ1) is 14.1. The Labute approximate surface area is 172 Å². The van der Waals surface area contributed by atoms with Gasteiger partial charge in [-0.1, -0.05) is 6.07 Å². The molecule has 0 bridgehead atoms. The largest absolute Gasteiger partial charge is 0.417 e. The van der Waals surface area contributed by atoms with Crippen LogP contribution in [0.2, 0.25) is 0 Å². The van der Waals surface area contributed by atoms with E-state index in [2.05, 4.69) is 25.6 Å². The molecular formula is C16H15F3N6O3S2. The third-order valence-corrected chi connectivity index (χ3v) is 6.97. The van der Waals surface area contributed by atoms with E-state index in [1.54, 1.807) is 0 Å². The number of alkyl halides is 3. The molecule has 1 aliphatic rings. The quantitative estimate of drug-likeness (QED) is 0.539. The van der Waals surface area contributed by atoms with Gasteiger partial charge in [0.15, 0.2) is 0 Å². The van der Waals surface area contributed by atoms with Gasteiger partial charge in [0.25, 0.3) is 0 Å². The number of aliphatic hydroxyl groups is 1. The van der Waals surface area contributed by atoms with E-state index in [1.807, 2.05) is 0 Å². The molecule has 1 aromatic carbocycles. The van der Waals surface area contributed by atoms with Crippen LogP contribution in [0.3, 0.4) is 0 Å². The summed E-state index contributed by atoms with van der Waals surface area (Å²) >= 11 is 1.32. The van der Waals surface area contributed by atoms with Crippen molar-refractivity contribution in [3.8, 4) is 11.4 Å². The first-order valence-corrected chi connectivity index (χ1v) is 11.1. The molecule has 1 unspecified atom stereocenters. The van der Waals surface area contributed by atoms with Crippen LogP contribution in [-0.4, -0.2) is 39.1 Å². The molecule has 2 aromatic heterocycles. The Bertz CT molecular complexity index is 1190. The molecule has 0 fully saturated rings. The van der Waals surface area contributed by atoms with E-state index in [1.165, 1.54) is 17.4 Å². The minimum Gasteiger partial charge on any atom is -0.389 e. The molecule has 9 nitrogen and oxygen atoms in total. The highest BCUT2D eigenvalue weighted by Crippen LogP contribution is 2.46. The van der Waals surface area contributed by atoms with Gasteiger partial charge in [0.1, 0.15) is 9.90 Å². The van der Waals surface area contributed by atoms with Crippen LogP contribution in [0.25, 0.3) is 11.4 Å². The number of aliphatic hydroxyl groups excluding tert-OH is 1. The van der Waals surface area contributed by atoms with Crippen LogP contribution in [0.5, 0.6) is 0 Å². The van der Waals surface area contributed by atoms with E-state index < -0.39 is 32.6 Å². The van der Waals surface area contributed by atoms with Gasteiger partial charge in [-0.15, -0.1) is 21.5 Å². The summed E-state index contributed by atoms with van der Waals surface area (Å²) in [5, 5.41) is 28.1. The van der Waals surface area contributed by atoms with E-state index in [4.69, 9.17) is 5.14 Å². The van der Waals surface area contributed by atoms with Crippen LogP contribution < -0.4 is 5.14 Å². The van der Waals surface area contributed by atoms with Crippen molar-refractivity contribution in [2.24, 2.45) is 5.14 Å². The zero-order valence-corrected chi connectivity index (χ0v) is 16.8. The molecule has 0 radical (unpaired) electrons. The van der Waals surface area contributed by atoms with E-state index >= 15 is 0 Å². The van der Waals surface area contributed by atoms with Crippen LogP contribution in [0, 0.1) is 0 Å². The first kappa shape index (κ1) is 20.8. The monoisotopic (exact) mass is 460 g/mol. The van der Waals surface area contributed by atoms with Crippen molar-refractivity contribution in [2.75, 3.05) is 0 Å². The molecule has 4 N–H and O–H groups in total. The molecule has 14 heteroatoms. The molecule has 1 atom stereocenters. The second-order valence-corrected chi connectivity index (χ2v) is 9.37. The third kappa shape index (κ3) is 3.59. The fraction of sp³-hybridized carbons (Fsp3) is 0.375. The molecule has 30 heavy (non-hydrogen) atoms. The Morgan fingerprint density at radius 3 is 2.70 bits per heavy atom. The molecule has 0 aliphatic heterocycles. The minimum absolute atomic E-state index is 0.254. The van der Waals surface area contributed by atoms with Crippen molar-refractivity contribution in [1.29, 1.82) is 0 Å². The number of nitrogens with zero attached hydrogens (tertiary/aromatic N) is 4. The molecular weight excluding hydrogens is 445 g/mol. The topological polar surface area (TPSA) is 148 Å². The Hall–Kier alpha value is -2.42. The summed E-state index contributed by atoms with van der Waals surface area (Å²) in [5.41, 5.74) is -0.902. The van der Waals surface area contributed by atoms with E-state index in [9.17, 15) is 26.7 Å². The number of aromatic nitrogens is 5. The first-order valence-electron chi connectivity index (χ1n) is 8.71. The Kier molecular flexibility index (Phi) is 5.12. The number of nitrogens with one attached hydrogen (secondary N) is 1. The summed E-state index contributed by atoms with van der Waals surface area (Å²) in [7, 11) is -4.81. The number of hydrogen-bond acceptors (Lipinski definition) is 8. The molecule has 4 rings (SSSR count). The predicted octanol–water partition coefficient (Wildman–Crippen LogP) is 1.95. The van der Waals surface area contributed by atoms with Gasteiger partial charge in [-0.3, -0.25) is 0 Å². The number of tetrazole rings is 1. The van der Waals surface area contributed by atoms with Crippen LogP contribution in [0.1, 0.15) is 45.5 Å². The molecule has 0 saturated heterocycles. The standard InChI is InChI=1S/C16H15F3N6O3S2/c17-16(18,19)9-5-4-7(8-2-1-3-10-13(8)21-11(6-26)29-10)12(14(9)30(20,27)28)15-22-24-25-23-15/h4-5,8,26H,1-3,6H2,(H2,20,27,28)(H,22,23,24,25). The predicted molar refractivity (Wildman–Crippen MR) is 98.8 cm³/mol. The number of halogens is 3. The van der Waals surface area contributed by atoms with Crippen molar-refractivity contribution in [2.45, 2.75) is 42.9 Å². The molecule has 0 amide bonds. The van der Waals surface area contributed by atoms with Crippen molar-refractivity contribution >= 4 is 21.4 Å².